The van der Waals surface area contributed by atoms with E-state index in [1.54, 1.807) is 46.1 Å². The third kappa shape index (κ3) is 6.91. The molecule has 48 heavy (non-hydrogen) atoms. The lowest BCUT2D eigenvalue weighted by atomic mass is 9.68. The van der Waals surface area contributed by atoms with E-state index in [0.29, 0.717) is 36.2 Å². The van der Waals surface area contributed by atoms with Crippen LogP contribution in [0, 0.1) is 11.8 Å². The number of ether oxygens (including phenoxy) is 3. The maximum atomic E-state index is 13.8. The second-order valence-corrected chi connectivity index (χ2v) is 16.8. The molecule has 2 heterocycles. The monoisotopic (exact) mass is 699 g/mol. The number of carbonyl (C=O) groups excluding carboxylic acids is 2. The zero-order valence-corrected chi connectivity index (χ0v) is 29.9. The maximum Gasteiger partial charge on any atom is 0.411 e. The molecular formula is C36H46ClN3O7S. The van der Waals surface area contributed by atoms with Crippen molar-refractivity contribution >= 4 is 39.3 Å². The molecule has 260 valence electrons. The molecular weight excluding hydrogens is 654 g/mol. The number of hydrogen-bond donors (Lipinski definition) is 1. The van der Waals surface area contributed by atoms with Crippen LogP contribution < -0.4 is 14.4 Å². The Morgan fingerprint density at radius 1 is 1.15 bits per heavy atom. The number of halogens is 1. The Bertz CT molecular complexity index is 1710. The van der Waals surface area contributed by atoms with Gasteiger partial charge < -0.3 is 19.1 Å². The summed E-state index contributed by atoms with van der Waals surface area (Å²) in [5, 5.41) is 0.713. The minimum atomic E-state index is -4.31. The minimum absolute atomic E-state index is 0.0368. The summed E-state index contributed by atoms with van der Waals surface area (Å²) in [6, 6.07) is 9.73. The fraction of sp³-hybridized carbons (Fsp3) is 0.556. The zero-order valence-electron chi connectivity index (χ0n) is 28.3. The molecule has 0 saturated heterocycles. The van der Waals surface area contributed by atoms with Gasteiger partial charge in [0.1, 0.15) is 17.4 Å². The molecule has 1 spiro atoms. The first-order valence-corrected chi connectivity index (χ1v) is 18.6. The Kier molecular flexibility index (Phi) is 9.52. The first-order valence-electron chi connectivity index (χ1n) is 16.8. The standard InChI is InChI=1S/C36H46ClN3O7S/c1-23-33(41)38-48(43,44)27-12-15-32-30(19-27)39(21-36(22-46-32)16-6-8-24-18-26(37)11-14-29(24)36)20-25-10-13-28(25)31(45-5)9-7-17-40(23)34(42)47-35(2,3)4/h7,9,11-12,14-15,18-19,23,25,28,31H,6,8,10,13,16-17,20-22H2,1-5H3,(H,38,41)/b9-7-/t23-,25+,28-,31+,36+/m1/s1. The highest BCUT2D eigenvalue weighted by Gasteiger charge is 2.45. The SMILES string of the molecule is CO[C@H]1/C=C\CN(C(=O)OC(C)(C)C)[C@H](C)C(=O)NS(=O)(=O)c2ccc3c(c2)N(C[C@@H]2CC[C@H]21)C[C@@]1(CCCc2cc(Cl)ccc21)CO3. The average molecular weight is 700 g/mol. The molecule has 1 fully saturated rings. The van der Waals surface area contributed by atoms with Crippen LogP contribution in [0.25, 0.3) is 0 Å². The van der Waals surface area contributed by atoms with Gasteiger partial charge in [-0.15, -0.1) is 0 Å². The molecule has 12 heteroatoms. The smallest absolute Gasteiger partial charge is 0.411 e. The molecule has 0 radical (unpaired) electrons. The van der Waals surface area contributed by atoms with Crippen LogP contribution in [0.2, 0.25) is 5.02 Å². The molecule has 2 bridgehead atoms. The molecule has 5 atom stereocenters. The highest BCUT2D eigenvalue weighted by Crippen LogP contribution is 2.47. The van der Waals surface area contributed by atoms with E-state index in [1.165, 1.54) is 29.0 Å². The molecule has 1 N–H and O–H groups in total. The van der Waals surface area contributed by atoms with Crippen molar-refractivity contribution in [2.45, 2.75) is 87.9 Å². The summed E-state index contributed by atoms with van der Waals surface area (Å²) in [4.78, 5) is 30.2. The normalized spacial score (nSPS) is 29.3. The van der Waals surface area contributed by atoms with E-state index in [0.717, 1.165) is 32.1 Å². The molecule has 0 unspecified atom stereocenters. The van der Waals surface area contributed by atoms with Crippen LogP contribution in [-0.4, -0.2) is 76.4 Å². The number of nitrogens with one attached hydrogen (secondary N) is 1. The van der Waals surface area contributed by atoms with Gasteiger partial charge in [0.2, 0.25) is 0 Å². The number of benzene rings is 2. The second-order valence-electron chi connectivity index (χ2n) is 14.6. The van der Waals surface area contributed by atoms with Crippen molar-refractivity contribution in [2.24, 2.45) is 11.8 Å². The van der Waals surface area contributed by atoms with E-state index in [1.807, 2.05) is 12.1 Å². The maximum absolute atomic E-state index is 13.8. The van der Waals surface area contributed by atoms with Crippen molar-refractivity contribution in [2.75, 3.05) is 38.3 Å². The Morgan fingerprint density at radius 3 is 2.65 bits per heavy atom. The van der Waals surface area contributed by atoms with Gasteiger partial charge >= 0.3 is 6.09 Å². The first-order chi connectivity index (χ1) is 22.7. The third-order valence-corrected chi connectivity index (χ3v) is 11.9. The summed E-state index contributed by atoms with van der Waals surface area (Å²) in [5.41, 5.74) is 2.00. The van der Waals surface area contributed by atoms with Crippen LogP contribution in [0.15, 0.2) is 53.4 Å². The number of rotatable bonds is 1. The number of carbonyl (C=O) groups is 2. The lowest BCUT2D eigenvalue weighted by molar-refractivity contribution is -0.123. The molecule has 10 nitrogen and oxygen atoms in total. The predicted molar refractivity (Wildman–Crippen MR) is 184 cm³/mol. The van der Waals surface area contributed by atoms with Crippen LogP contribution in [0.1, 0.15) is 64.5 Å². The fourth-order valence-electron chi connectivity index (χ4n) is 7.63. The largest absolute Gasteiger partial charge is 0.490 e. The van der Waals surface area contributed by atoms with Crippen LogP contribution in [0.4, 0.5) is 10.5 Å². The number of aryl methyl sites for hydroxylation is 1. The van der Waals surface area contributed by atoms with E-state index in [4.69, 9.17) is 25.8 Å². The van der Waals surface area contributed by atoms with Crippen LogP contribution >= 0.6 is 11.6 Å². The summed E-state index contributed by atoms with van der Waals surface area (Å²) in [6.45, 7) is 8.50. The molecule has 2 aromatic carbocycles. The van der Waals surface area contributed by atoms with Crippen LogP contribution in [0.3, 0.4) is 0 Å². The Morgan fingerprint density at radius 2 is 1.94 bits per heavy atom. The Labute approximate surface area is 288 Å². The lowest BCUT2D eigenvalue weighted by Crippen LogP contribution is -2.51. The molecule has 2 amide bonds. The van der Waals surface area contributed by atoms with Gasteiger partial charge in [0.15, 0.2) is 0 Å². The van der Waals surface area contributed by atoms with Crippen molar-refractivity contribution in [3.63, 3.8) is 0 Å². The predicted octanol–water partition coefficient (Wildman–Crippen LogP) is 5.85. The molecule has 6 rings (SSSR count). The number of fused-ring (bicyclic) bond motifs is 4. The summed E-state index contributed by atoms with van der Waals surface area (Å²) in [5.74, 6) is 0.235. The van der Waals surface area contributed by atoms with Crippen molar-refractivity contribution in [1.29, 1.82) is 0 Å². The molecule has 2 aliphatic heterocycles. The number of methoxy groups -OCH3 is 1. The van der Waals surface area contributed by atoms with Gasteiger partial charge in [-0.2, -0.15) is 0 Å². The van der Waals surface area contributed by atoms with Crippen LogP contribution in [-0.2, 0) is 36.1 Å². The third-order valence-electron chi connectivity index (χ3n) is 10.3. The number of nitrogens with zero attached hydrogens (tertiary/aromatic N) is 2. The lowest BCUT2D eigenvalue weighted by Gasteiger charge is -2.46. The average Bonchev–Trinajstić information content (AvgIpc) is 3.15. The second kappa shape index (κ2) is 13.2. The molecule has 1 saturated carbocycles. The van der Waals surface area contributed by atoms with E-state index >= 15 is 0 Å². The van der Waals surface area contributed by atoms with Crippen molar-refractivity contribution < 1.29 is 32.2 Å². The van der Waals surface area contributed by atoms with Crippen LogP contribution in [0.5, 0.6) is 5.75 Å². The van der Waals surface area contributed by atoms with Gasteiger partial charge in [0, 0.05) is 37.2 Å². The van der Waals surface area contributed by atoms with Gasteiger partial charge in [-0.1, -0.05) is 29.8 Å². The number of amides is 2. The summed E-state index contributed by atoms with van der Waals surface area (Å²) < 4.78 is 47.9. The van der Waals surface area contributed by atoms with Gasteiger partial charge in [-0.25, -0.2) is 17.9 Å². The van der Waals surface area contributed by atoms with E-state index < -0.39 is 33.7 Å². The first kappa shape index (κ1) is 34.6. The Balaban J connectivity index is 1.41. The van der Waals surface area contributed by atoms with E-state index in [-0.39, 0.29) is 34.8 Å². The molecule has 2 aromatic rings. The van der Waals surface area contributed by atoms with Gasteiger partial charge in [-0.3, -0.25) is 9.69 Å². The number of anilines is 1. The van der Waals surface area contributed by atoms with Gasteiger partial charge in [0.25, 0.3) is 15.9 Å². The van der Waals surface area contributed by atoms with Gasteiger partial charge in [0.05, 0.1) is 23.3 Å². The summed E-state index contributed by atoms with van der Waals surface area (Å²) in [7, 11) is -2.62. The van der Waals surface area contributed by atoms with Crippen molar-refractivity contribution in [3.05, 3.63) is 64.7 Å². The van der Waals surface area contributed by atoms with Crippen molar-refractivity contribution in [3.8, 4) is 5.75 Å². The zero-order chi connectivity index (χ0) is 34.4. The van der Waals surface area contributed by atoms with Crippen molar-refractivity contribution in [1.82, 2.24) is 9.62 Å². The highest BCUT2D eigenvalue weighted by molar-refractivity contribution is 7.90. The molecule has 2 aliphatic carbocycles. The highest BCUT2D eigenvalue weighted by atomic mass is 35.5. The Hall–Kier alpha value is -3.28. The molecule has 0 aromatic heterocycles. The molecule has 4 aliphatic rings. The minimum Gasteiger partial charge on any atom is -0.490 e. The van der Waals surface area contributed by atoms with E-state index in [9.17, 15) is 18.0 Å². The summed E-state index contributed by atoms with van der Waals surface area (Å²) in [6.07, 6.45) is 7.66. The van der Waals surface area contributed by atoms with E-state index in [2.05, 4.69) is 21.8 Å². The van der Waals surface area contributed by atoms with Gasteiger partial charge in [-0.05, 0) is 113 Å². The number of sulfonamides is 1. The summed E-state index contributed by atoms with van der Waals surface area (Å²) >= 11 is 6.42. The number of hydrogen-bond acceptors (Lipinski definition) is 8. The quantitative estimate of drug-likeness (QED) is 0.369. The topological polar surface area (TPSA) is 114 Å². The fourth-order valence-corrected chi connectivity index (χ4v) is 8.89.